The van der Waals surface area contributed by atoms with Crippen molar-refractivity contribution in [3.8, 4) is 0 Å². The van der Waals surface area contributed by atoms with Gasteiger partial charge < -0.3 is 24.8 Å². The van der Waals surface area contributed by atoms with Gasteiger partial charge >= 0.3 is 11.9 Å². The molecule has 0 amide bonds. The third kappa shape index (κ3) is 3.39. The van der Waals surface area contributed by atoms with Gasteiger partial charge in [-0.2, -0.15) is 0 Å². The standard InChI is InChI=1S/C32H50O7/c1-27(2)13-15-32(26(37)39-8)16-14-29(4)18(22(32)24(27)35)9-10-20-28(3)17-19(33)23(34)31(6,25(36)38-7)21(28)11-12-30(20,29)5/h9,19-24,33-35H,10-17H2,1-8H3/t19-,20-,21-,22-,23+,24-,28-,29-,30-,31-,32+/m1/s1. The van der Waals surface area contributed by atoms with Crippen molar-refractivity contribution >= 4 is 11.9 Å². The van der Waals surface area contributed by atoms with Crippen LogP contribution in [0.3, 0.4) is 0 Å². The number of ether oxygens (including phenoxy) is 2. The van der Waals surface area contributed by atoms with Crippen LogP contribution in [0.5, 0.6) is 0 Å². The first-order valence-electron chi connectivity index (χ1n) is 14.9. The maximum Gasteiger partial charge on any atom is 0.314 e. The van der Waals surface area contributed by atoms with Gasteiger partial charge in [0.15, 0.2) is 0 Å². The van der Waals surface area contributed by atoms with E-state index in [0.717, 1.165) is 32.1 Å². The monoisotopic (exact) mass is 546 g/mol. The first kappa shape index (κ1) is 29.1. The lowest BCUT2D eigenvalue weighted by Gasteiger charge is -2.71. The Kier molecular flexibility index (Phi) is 6.54. The zero-order valence-corrected chi connectivity index (χ0v) is 25.2. The zero-order valence-electron chi connectivity index (χ0n) is 25.2. The van der Waals surface area contributed by atoms with Gasteiger partial charge in [-0.05, 0) is 91.8 Å². The van der Waals surface area contributed by atoms with Crippen molar-refractivity contribution in [1.82, 2.24) is 0 Å². The molecule has 0 aromatic heterocycles. The largest absolute Gasteiger partial charge is 0.469 e. The minimum atomic E-state index is -1.19. The summed E-state index contributed by atoms with van der Waals surface area (Å²) in [4.78, 5) is 26.6. The van der Waals surface area contributed by atoms with E-state index < -0.39 is 40.5 Å². The Morgan fingerprint density at radius 1 is 0.821 bits per heavy atom. The second kappa shape index (κ2) is 8.78. The molecule has 4 saturated carbocycles. The molecule has 5 aliphatic rings. The van der Waals surface area contributed by atoms with Gasteiger partial charge in [0, 0.05) is 5.92 Å². The van der Waals surface area contributed by atoms with Gasteiger partial charge in [-0.3, -0.25) is 9.59 Å². The van der Waals surface area contributed by atoms with E-state index in [9.17, 15) is 24.9 Å². The van der Waals surface area contributed by atoms with E-state index in [2.05, 4.69) is 40.7 Å². The van der Waals surface area contributed by atoms with Crippen LogP contribution in [-0.4, -0.2) is 59.8 Å². The fourth-order valence-corrected chi connectivity index (χ4v) is 11.1. The number of aliphatic hydroxyl groups excluding tert-OH is 3. The van der Waals surface area contributed by atoms with Crippen molar-refractivity contribution in [3.05, 3.63) is 11.6 Å². The molecule has 0 aromatic carbocycles. The summed E-state index contributed by atoms with van der Waals surface area (Å²) in [6.07, 6.45) is 5.21. The maximum atomic E-state index is 13.4. The quantitative estimate of drug-likeness (QED) is 0.347. The van der Waals surface area contributed by atoms with E-state index in [4.69, 9.17) is 9.47 Å². The van der Waals surface area contributed by atoms with Crippen molar-refractivity contribution in [2.45, 2.75) is 111 Å². The molecular weight excluding hydrogens is 496 g/mol. The third-order valence-electron chi connectivity index (χ3n) is 13.7. The molecule has 3 N–H and O–H groups in total. The number of carbonyl (C=O) groups is 2. The number of hydrogen-bond donors (Lipinski definition) is 3. The van der Waals surface area contributed by atoms with E-state index in [1.807, 2.05) is 0 Å². The lowest BCUT2D eigenvalue weighted by Crippen LogP contribution is -2.69. The van der Waals surface area contributed by atoms with Gasteiger partial charge in [0.05, 0.1) is 43.4 Å². The molecule has 0 spiro atoms. The van der Waals surface area contributed by atoms with Crippen LogP contribution in [0.2, 0.25) is 0 Å². The fourth-order valence-electron chi connectivity index (χ4n) is 11.1. The van der Waals surface area contributed by atoms with E-state index in [1.165, 1.54) is 19.8 Å². The summed E-state index contributed by atoms with van der Waals surface area (Å²) >= 11 is 0. The zero-order chi connectivity index (χ0) is 29.0. The van der Waals surface area contributed by atoms with E-state index >= 15 is 0 Å². The van der Waals surface area contributed by atoms with Crippen molar-refractivity contribution in [2.24, 2.45) is 50.2 Å². The molecule has 0 saturated heterocycles. The van der Waals surface area contributed by atoms with Crippen LogP contribution < -0.4 is 0 Å². The van der Waals surface area contributed by atoms with Gasteiger partial charge in [-0.25, -0.2) is 0 Å². The molecule has 7 nitrogen and oxygen atoms in total. The highest BCUT2D eigenvalue weighted by Crippen LogP contribution is 2.76. The van der Waals surface area contributed by atoms with Gasteiger partial charge in [0.2, 0.25) is 0 Å². The lowest BCUT2D eigenvalue weighted by molar-refractivity contribution is -0.243. The van der Waals surface area contributed by atoms with Crippen LogP contribution in [0.1, 0.15) is 92.9 Å². The molecule has 0 aliphatic heterocycles. The number of fused-ring (bicyclic) bond motifs is 7. The summed E-state index contributed by atoms with van der Waals surface area (Å²) in [5, 5.41) is 34.1. The summed E-state index contributed by atoms with van der Waals surface area (Å²) in [7, 11) is 2.82. The first-order valence-corrected chi connectivity index (χ1v) is 14.9. The Hall–Kier alpha value is -1.44. The van der Waals surface area contributed by atoms with E-state index in [0.29, 0.717) is 19.3 Å². The molecule has 0 radical (unpaired) electrons. The van der Waals surface area contributed by atoms with Crippen LogP contribution in [0.4, 0.5) is 0 Å². The second-order valence-electron chi connectivity index (χ2n) is 15.3. The average molecular weight is 547 g/mol. The number of rotatable bonds is 2. The van der Waals surface area contributed by atoms with Crippen LogP contribution >= 0.6 is 0 Å². The number of carbonyl (C=O) groups excluding carboxylic acids is 2. The predicted molar refractivity (Wildman–Crippen MR) is 146 cm³/mol. The van der Waals surface area contributed by atoms with Crippen LogP contribution in [-0.2, 0) is 19.1 Å². The summed E-state index contributed by atoms with van der Waals surface area (Å²) in [6, 6.07) is 0. The second-order valence-corrected chi connectivity index (χ2v) is 15.3. The molecule has 39 heavy (non-hydrogen) atoms. The Balaban J connectivity index is 1.64. The average Bonchev–Trinajstić information content (AvgIpc) is 2.88. The Labute approximate surface area is 233 Å². The molecule has 5 aliphatic carbocycles. The normalized spacial score (nSPS) is 52.2. The Morgan fingerprint density at radius 3 is 2.05 bits per heavy atom. The van der Waals surface area contributed by atoms with Gasteiger partial charge in [-0.1, -0.05) is 46.3 Å². The molecule has 4 fully saturated rings. The number of esters is 2. The summed E-state index contributed by atoms with van der Waals surface area (Å²) < 4.78 is 10.6. The SMILES string of the molecule is COC(=O)[C@]12CCC(C)(C)[C@H](O)[C@H]1C1=CC[C@@H]3[C@@]4(C)C[C@@H](O)[C@H](O)[C@](C)(C(=O)OC)[C@@H]4CC[C@@]3(C)[C@]1(C)CC2. The van der Waals surface area contributed by atoms with Gasteiger partial charge in [0.25, 0.3) is 0 Å². The Morgan fingerprint density at radius 2 is 1.44 bits per heavy atom. The number of aliphatic hydroxyl groups is 3. The number of allylic oxidation sites excluding steroid dienone is 1. The topological polar surface area (TPSA) is 113 Å². The third-order valence-corrected chi connectivity index (χ3v) is 13.7. The Bertz CT molecular complexity index is 1080. The van der Waals surface area contributed by atoms with Crippen molar-refractivity contribution in [3.63, 3.8) is 0 Å². The summed E-state index contributed by atoms with van der Waals surface area (Å²) in [5.41, 5.74) is -1.85. The fraction of sp³-hybridized carbons (Fsp3) is 0.875. The highest BCUT2D eigenvalue weighted by atomic mass is 16.5. The molecular formula is C32H50O7. The van der Waals surface area contributed by atoms with Crippen molar-refractivity contribution in [1.29, 1.82) is 0 Å². The van der Waals surface area contributed by atoms with Crippen molar-refractivity contribution in [2.75, 3.05) is 14.2 Å². The van der Waals surface area contributed by atoms with Gasteiger partial charge in [-0.15, -0.1) is 0 Å². The van der Waals surface area contributed by atoms with Crippen LogP contribution in [0.15, 0.2) is 11.6 Å². The van der Waals surface area contributed by atoms with E-state index in [-0.39, 0.29) is 40.0 Å². The lowest BCUT2D eigenvalue weighted by atomic mass is 9.33. The predicted octanol–water partition coefficient (Wildman–Crippen LogP) is 4.42. The summed E-state index contributed by atoms with van der Waals surface area (Å²) in [6.45, 7) is 12.9. The minimum absolute atomic E-state index is 0.135. The van der Waals surface area contributed by atoms with Crippen LogP contribution in [0, 0.1) is 50.2 Å². The first-order chi connectivity index (χ1) is 18.0. The molecule has 7 heteroatoms. The molecule has 0 aromatic rings. The molecule has 11 atom stereocenters. The molecule has 0 bridgehead atoms. The molecule has 5 rings (SSSR count). The molecule has 0 heterocycles. The number of methoxy groups -OCH3 is 2. The van der Waals surface area contributed by atoms with Gasteiger partial charge in [0.1, 0.15) is 0 Å². The number of hydrogen-bond acceptors (Lipinski definition) is 7. The molecule has 0 unspecified atom stereocenters. The summed E-state index contributed by atoms with van der Waals surface area (Å²) in [5.74, 6) is -0.937. The maximum absolute atomic E-state index is 13.4. The van der Waals surface area contributed by atoms with Crippen molar-refractivity contribution < 1.29 is 34.4 Å². The van der Waals surface area contributed by atoms with Crippen LogP contribution in [0.25, 0.3) is 0 Å². The highest BCUT2D eigenvalue weighted by Gasteiger charge is 2.72. The van der Waals surface area contributed by atoms with E-state index in [1.54, 1.807) is 6.92 Å². The smallest absolute Gasteiger partial charge is 0.314 e. The highest BCUT2D eigenvalue weighted by molar-refractivity contribution is 5.79. The minimum Gasteiger partial charge on any atom is -0.469 e. The molecule has 220 valence electrons.